The fourth-order valence-electron chi connectivity index (χ4n) is 2.93. The maximum absolute atomic E-state index is 12.1. The lowest BCUT2D eigenvalue weighted by atomic mass is 10.1. The Morgan fingerprint density at radius 1 is 1.00 bits per heavy atom. The van der Waals surface area contributed by atoms with Crippen LogP contribution in [0.3, 0.4) is 0 Å². The Kier molecular flexibility index (Phi) is 4.33. The molecule has 2 aromatic carbocycles. The van der Waals surface area contributed by atoms with E-state index in [4.69, 9.17) is 0 Å². The highest BCUT2D eigenvalue weighted by molar-refractivity contribution is 5.85. The summed E-state index contributed by atoms with van der Waals surface area (Å²) in [4.78, 5) is 35.1. The van der Waals surface area contributed by atoms with Gasteiger partial charge in [-0.15, -0.1) is 0 Å². The Hall–Kier alpha value is -3.42. The van der Waals surface area contributed by atoms with Crippen molar-refractivity contribution in [2.24, 2.45) is 14.1 Å². The van der Waals surface area contributed by atoms with Crippen molar-refractivity contribution in [2.75, 3.05) is 5.32 Å². The second-order valence-corrected chi connectivity index (χ2v) is 6.12. The van der Waals surface area contributed by atoms with Crippen LogP contribution in [0, 0.1) is 10.1 Å². The summed E-state index contributed by atoms with van der Waals surface area (Å²) in [5, 5.41) is 14.7. The van der Waals surface area contributed by atoms with E-state index in [2.05, 4.69) is 5.32 Å². The quantitative estimate of drug-likeness (QED) is 0.440. The monoisotopic (exact) mass is 354 g/mol. The second kappa shape index (κ2) is 6.47. The summed E-state index contributed by atoms with van der Waals surface area (Å²) in [6.07, 6.45) is 0. The minimum Gasteiger partial charge on any atom is -0.373 e. The Morgan fingerprint density at radius 2 is 1.54 bits per heavy atom. The van der Waals surface area contributed by atoms with E-state index in [0.29, 0.717) is 11.0 Å². The van der Waals surface area contributed by atoms with Gasteiger partial charge in [-0.25, -0.2) is 0 Å². The van der Waals surface area contributed by atoms with Gasteiger partial charge in [0.1, 0.15) is 5.69 Å². The van der Waals surface area contributed by atoms with Crippen LogP contribution < -0.4 is 16.4 Å². The molecule has 0 bridgehead atoms. The summed E-state index contributed by atoms with van der Waals surface area (Å²) in [6, 6.07) is 12.2. The van der Waals surface area contributed by atoms with Crippen molar-refractivity contribution in [2.45, 2.75) is 13.0 Å². The lowest BCUT2D eigenvalue weighted by molar-refractivity contribution is -0.383. The fraction of sp³-hybridized carbons (Fsp3) is 0.222. The van der Waals surface area contributed by atoms with Crippen molar-refractivity contribution >= 4 is 22.4 Å². The number of nitrogens with one attached hydrogen (secondary N) is 1. The number of nitro groups is 1. The maximum Gasteiger partial charge on any atom is 0.316 e. The summed E-state index contributed by atoms with van der Waals surface area (Å²) in [5.74, 6) is 0. The van der Waals surface area contributed by atoms with E-state index in [1.54, 1.807) is 0 Å². The van der Waals surface area contributed by atoms with Gasteiger partial charge in [-0.3, -0.25) is 19.7 Å². The van der Waals surface area contributed by atoms with Crippen LogP contribution in [0.2, 0.25) is 0 Å². The molecular formula is C18H18N4O4. The highest BCUT2D eigenvalue weighted by Crippen LogP contribution is 2.31. The zero-order valence-electron chi connectivity index (χ0n) is 14.6. The van der Waals surface area contributed by atoms with Gasteiger partial charge in [0.2, 0.25) is 0 Å². The first-order valence-electron chi connectivity index (χ1n) is 8.01. The molecule has 0 radical (unpaired) electrons. The number of nitro benzene ring substituents is 1. The first kappa shape index (κ1) is 17.4. The standard InChI is InChI=1S/C18H18N4O4/c1-11(12-7-5-4-6-8-12)19-13-9-15-16(10-14(13)22(25)26)21(3)18(24)17(23)20(15)2/h4-11,19H,1-3H3/t11-/m0/s1. The lowest BCUT2D eigenvalue weighted by Gasteiger charge is -2.17. The highest BCUT2D eigenvalue weighted by Gasteiger charge is 2.20. The van der Waals surface area contributed by atoms with Crippen molar-refractivity contribution in [1.29, 1.82) is 0 Å². The smallest absolute Gasteiger partial charge is 0.316 e. The van der Waals surface area contributed by atoms with E-state index in [9.17, 15) is 19.7 Å². The summed E-state index contributed by atoms with van der Waals surface area (Å²) in [7, 11) is 2.90. The molecule has 26 heavy (non-hydrogen) atoms. The molecule has 1 aromatic heterocycles. The highest BCUT2D eigenvalue weighted by atomic mass is 16.6. The van der Waals surface area contributed by atoms with Crippen LogP contribution in [0.1, 0.15) is 18.5 Å². The van der Waals surface area contributed by atoms with Gasteiger partial charge in [-0.1, -0.05) is 30.3 Å². The molecule has 0 aliphatic rings. The Labute approximate surface area is 148 Å². The van der Waals surface area contributed by atoms with Crippen LogP contribution in [0.5, 0.6) is 0 Å². The Balaban J connectivity index is 2.21. The van der Waals surface area contributed by atoms with Crippen LogP contribution in [-0.2, 0) is 14.1 Å². The molecule has 1 heterocycles. The molecule has 1 atom stereocenters. The number of aryl methyl sites for hydroxylation is 2. The predicted octanol–water partition coefficient (Wildman–Crippen LogP) is 2.32. The van der Waals surface area contributed by atoms with E-state index in [0.717, 1.165) is 10.1 Å². The number of benzene rings is 2. The van der Waals surface area contributed by atoms with Gasteiger partial charge in [0.25, 0.3) is 5.69 Å². The number of aromatic nitrogens is 2. The molecule has 0 aliphatic carbocycles. The van der Waals surface area contributed by atoms with Crippen LogP contribution in [0.4, 0.5) is 11.4 Å². The number of nitrogens with zero attached hydrogens (tertiary/aromatic N) is 3. The third-order valence-corrected chi connectivity index (χ3v) is 4.48. The van der Waals surface area contributed by atoms with Crippen LogP contribution in [0.25, 0.3) is 11.0 Å². The molecule has 0 fully saturated rings. The van der Waals surface area contributed by atoms with Gasteiger partial charge in [0, 0.05) is 26.2 Å². The number of hydrogen-bond donors (Lipinski definition) is 1. The molecule has 8 nitrogen and oxygen atoms in total. The van der Waals surface area contributed by atoms with Gasteiger partial charge < -0.3 is 14.5 Å². The van der Waals surface area contributed by atoms with Gasteiger partial charge >= 0.3 is 11.1 Å². The van der Waals surface area contributed by atoms with Crippen molar-refractivity contribution < 1.29 is 4.92 Å². The minimum atomic E-state index is -0.729. The van der Waals surface area contributed by atoms with Gasteiger partial charge in [0.15, 0.2) is 0 Å². The maximum atomic E-state index is 12.1. The van der Waals surface area contributed by atoms with Crippen LogP contribution in [-0.4, -0.2) is 14.1 Å². The van der Waals surface area contributed by atoms with Crippen LogP contribution in [0.15, 0.2) is 52.1 Å². The van der Waals surface area contributed by atoms with E-state index >= 15 is 0 Å². The Bertz CT molecular complexity index is 1120. The SMILES string of the molecule is C[C@H](Nc1cc2c(cc1[N+](=O)[O-])n(C)c(=O)c(=O)n2C)c1ccccc1. The molecule has 0 amide bonds. The Morgan fingerprint density at radius 3 is 2.08 bits per heavy atom. The molecule has 8 heteroatoms. The van der Waals surface area contributed by atoms with Crippen molar-refractivity contribution in [3.8, 4) is 0 Å². The first-order chi connectivity index (χ1) is 12.3. The van der Waals surface area contributed by atoms with E-state index < -0.39 is 16.0 Å². The average molecular weight is 354 g/mol. The topological polar surface area (TPSA) is 99.2 Å². The third-order valence-electron chi connectivity index (χ3n) is 4.48. The largest absolute Gasteiger partial charge is 0.373 e. The molecule has 0 unspecified atom stereocenters. The zero-order chi connectivity index (χ0) is 19.0. The molecule has 1 N–H and O–H groups in total. The summed E-state index contributed by atoms with van der Waals surface area (Å²) < 4.78 is 2.34. The van der Waals surface area contributed by atoms with E-state index in [-0.39, 0.29) is 17.4 Å². The number of anilines is 1. The molecule has 0 saturated carbocycles. The summed E-state index contributed by atoms with van der Waals surface area (Å²) in [6.45, 7) is 1.89. The van der Waals surface area contributed by atoms with E-state index in [1.165, 1.54) is 30.8 Å². The summed E-state index contributed by atoms with van der Waals surface area (Å²) >= 11 is 0. The van der Waals surface area contributed by atoms with Crippen molar-refractivity contribution in [3.05, 3.63) is 78.8 Å². The number of fused-ring (bicyclic) bond motifs is 1. The lowest BCUT2D eigenvalue weighted by Crippen LogP contribution is -2.39. The molecule has 0 spiro atoms. The number of hydrogen-bond acceptors (Lipinski definition) is 5. The molecule has 3 aromatic rings. The van der Waals surface area contributed by atoms with Crippen molar-refractivity contribution in [3.63, 3.8) is 0 Å². The van der Waals surface area contributed by atoms with Gasteiger partial charge in [0.05, 0.1) is 16.0 Å². The second-order valence-electron chi connectivity index (χ2n) is 6.12. The van der Waals surface area contributed by atoms with Crippen molar-refractivity contribution in [1.82, 2.24) is 9.13 Å². The fourth-order valence-corrected chi connectivity index (χ4v) is 2.93. The predicted molar refractivity (Wildman–Crippen MR) is 99.6 cm³/mol. The average Bonchev–Trinajstić information content (AvgIpc) is 2.64. The molecular weight excluding hydrogens is 336 g/mol. The molecule has 3 rings (SSSR count). The molecule has 134 valence electrons. The minimum absolute atomic E-state index is 0.158. The van der Waals surface area contributed by atoms with E-state index in [1.807, 2.05) is 37.3 Å². The van der Waals surface area contributed by atoms with Gasteiger partial charge in [-0.05, 0) is 18.6 Å². The first-order valence-corrected chi connectivity index (χ1v) is 8.01. The van der Waals surface area contributed by atoms with Crippen LogP contribution >= 0.6 is 0 Å². The third kappa shape index (κ3) is 2.85. The summed E-state index contributed by atoms with van der Waals surface area (Å²) in [5.41, 5.74) is 0.438. The molecule has 0 saturated heterocycles. The normalized spacial score (nSPS) is 12.1. The molecule has 0 aliphatic heterocycles. The number of rotatable bonds is 4. The van der Waals surface area contributed by atoms with Gasteiger partial charge in [-0.2, -0.15) is 0 Å². The zero-order valence-corrected chi connectivity index (χ0v) is 14.6.